The van der Waals surface area contributed by atoms with E-state index in [0.29, 0.717) is 23.6 Å². The van der Waals surface area contributed by atoms with Crippen LogP contribution < -0.4 is 19.1 Å². The minimum atomic E-state index is -3.52. The molecular formula is C19H21FN2O5S. The smallest absolute Gasteiger partial charge is 0.232 e. The third-order valence-electron chi connectivity index (χ3n) is 4.21. The maximum absolute atomic E-state index is 12.9. The summed E-state index contributed by atoms with van der Waals surface area (Å²) in [6, 6.07) is 10.8. The number of nitrogens with zero attached hydrogens (tertiary/aromatic N) is 1. The number of hydrogen-bond donors (Lipinski definition) is 1. The minimum Gasteiger partial charge on any atom is -0.454 e. The highest BCUT2D eigenvalue weighted by Gasteiger charge is 2.21. The Bertz CT molecular complexity index is 947. The highest BCUT2D eigenvalue weighted by molar-refractivity contribution is 7.92. The second-order valence-corrected chi connectivity index (χ2v) is 8.29. The van der Waals surface area contributed by atoms with Gasteiger partial charge in [0.25, 0.3) is 0 Å². The molecule has 0 aromatic heterocycles. The summed E-state index contributed by atoms with van der Waals surface area (Å²) in [4.78, 5) is 12.0. The maximum atomic E-state index is 12.9. The number of sulfonamides is 1. The van der Waals surface area contributed by atoms with Crippen LogP contribution in [0.15, 0.2) is 42.5 Å². The summed E-state index contributed by atoms with van der Waals surface area (Å²) in [5.41, 5.74) is 1.24. The molecule has 0 aliphatic carbocycles. The molecule has 0 spiro atoms. The monoisotopic (exact) mass is 408 g/mol. The summed E-state index contributed by atoms with van der Waals surface area (Å²) in [5, 5.41) is 2.74. The Labute approximate surface area is 163 Å². The van der Waals surface area contributed by atoms with Crippen LogP contribution in [0.1, 0.15) is 18.4 Å². The Morgan fingerprint density at radius 1 is 1.14 bits per heavy atom. The highest BCUT2D eigenvalue weighted by Crippen LogP contribution is 2.36. The molecule has 0 saturated carbocycles. The molecule has 2 aromatic rings. The summed E-state index contributed by atoms with van der Waals surface area (Å²) in [5.74, 6) is 0.517. The van der Waals surface area contributed by atoms with E-state index in [1.165, 1.54) is 16.4 Å². The quantitative estimate of drug-likeness (QED) is 0.725. The third kappa shape index (κ3) is 5.13. The van der Waals surface area contributed by atoms with Gasteiger partial charge >= 0.3 is 0 Å². The van der Waals surface area contributed by atoms with Crippen molar-refractivity contribution in [1.82, 2.24) is 5.32 Å². The normalized spacial score (nSPS) is 12.6. The number of ether oxygens (including phenoxy) is 2. The van der Waals surface area contributed by atoms with Crippen LogP contribution in [0.2, 0.25) is 0 Å². The summed E-state index contributed by atoms with van der Waals surface area (Å²) in [7, 11) is -3.52. The number of carbonyl (C=O) groups is 1. The molecule has 1 N–H and O–H groups in total. The van der Waals surface area contributed by atoms with Crippen molar-refractivity contribution < 1.29 is 27.1 Å². The molecule has 28 heavy (non-hydrogen) atoms. The molecule has 150 valence electrons. The van der Waals surface area contributed by atoms with Gasteiger partial charge in [0.15, 0.2) is 11.5 Å². The van der Waals surface area contributed by atoms with Crippen molar-refractivity contribution in [1.29, 1.82) is 0 Å². The maximum Gasteiger partial charge on any atom is 0.232 e. The van der Waals surface area contributed by atoms with Crippen molar-refractivity contribution in [2.75, 3.05) is 23.9 Å². The first kappa shape index (κ1) is 19.9. The number of halogens is 1. The predicted octanol–water partition coefficient (Wildman–Crippen LogP) is 2.42. The molecule has 1 amide bonds. The van der Waals surface area contributed by atoms with Gasteiger partial charge in [-0.05, 0) is 36.2 Å². The number of fused-ring (bicyclic) bond motifs is 1. The van der Waals surface area contributed by atoms with Gasteiger partial charge < -0.3 is 14.8 Å². The molecule has 0 unspecified atom stereocenters. The standard InChI is InChI=1S/C19H21FN2O5S/c1-28(24,25)22(16-8-9-17-18(11-16)27-13-26-17)10-2-3-19(23)21-12-14-4-6-15(20)7-5-14/h4-9,11H,2-3,10,12-13H2,1H3,(H,21,23). The van der Waals surface area contributed by atoms with Crippen LogP contribution in [0.3, 0.4) is 0 Å². The van der Waals surface area contributed by atoms with Crippen LogP contribution in [0.4, 0.5) is 10.1 Å². The number of nitrogens with one attached hydrogen (secondary N) is 1. The van der Waals surface area contributed by atoms with E-state index in [1.54, 1.807) is 30.3 Å². The van der Waals surface area contributed by atoms with Gasteiger partial charge in [-0.2, -0.15) is 0 Å². The van der Waals surface area contributed by atoms with Gasteiger partial charge in [0.2, 0.25) is 22.7 Å². The van der Waals surface area contributed by atoms with Crippen LogP contribution in [0, 0.1) is 5.82 Å². The van der Waals surface area contributed by atoms with Crippen LogP contribution in [0.25, 0.3) is 0 Å². The number of benzene rings is 2. The molecule has 0 fully saturated rings. The number of carbonyl (C=O) groups excluding carboxylic acids is 1. The van der Waals surface area contributed by atoms with Crippen molar-refractivity contribution in [3.05, 3.63) is 53.8 Å². The first-order valence-electron chi connectivity index (χ1n) is 8.71. The molecule has 9 heteroatoms. The predicted molar refractivity (Wildman–Crippen MR) is 102 cm³/mol. The lowest BCUT2D eigenvalue weighted by atomic mass is 10.2. The lowest BCUT2D eigenvalue weighted by molar-refractivity contribution is -0.121. The summed E-state index contributed by atoms with van der Waals surface area (Å²) in [6.45, 7) is 0.547. The van der Waals surface area contributed by atoms with E-state index in [4.69, 9.17) is 9.47 Å². The minimum absolute atomic E-state index is 0.103. The average molecular weight is 408 g/mol. The Hall–Kier alpha value is -2.81. The molecule has 1 aliphatic rings. The lowest BCUT2D eigenvalue weighted by Gasteiger charge is -2.22. The van der Waals surface area contributed by atoms with Crippen molar-refractivity contribution in [3.63, 3.8) is 0 Å². The van der Waals surface area contributed by atoms with Crippen molar-refractivity contribution >= 4 is 21.6 Å². The van der Waals surface area contributed by atoms with E-state index >= 15 is 0 Å². The zero-order chi connectivity index (χ0) is 20.1. The van der Waals surface area contributed by atoms with E-state index in [1.807, 2.05) is 0 Å². The van der Waals surface area contributed by atoms with Crippen LogP contribution in [-0.4, -0.2) is 33.9 Å². The van der Waals surface area contributed by atoms with Gasteiger partial charge in [-0.1, -0.05) is 12.1 Å². The topological polar surface area (TPSA) is 84.9 Å². The van der Waals surface area contributed by atoms with Crippen molar-refractivity contribution in [2.45, 2.75) is 19.4 Å². The van der Waals surface area contributed by atoms with Gasteiger partial charge in [0.1, 0.15) is 5.82 Å². The van der Waals surface area contributed by atoms with Gasteiger partial charge in [-0.15, -0.1) is 0 Å². The summed E-state index contributed by atoms with van der Waals surface area (Å²) >= 11 is 0. The van der Waals surface area contributed by atoms with E-state index < -0.39 is 10.0 Å². The first-order chi connectivity index (χ1) is 13.3. The molecule has 7 nitrogen and oxygen atoms in total. The molecular weight excluding hydrogens is 387 g/mol. The molecule has 1 heterocycles. The van der Waals surface area contributed by atoms with E-state index in [2.05, 4.69) is 5.32 Å². The van der Waals surface area contributed by atoms with Crippen molar-refractivity contribution in [2.24, 2.45) is 0 Å². The van der Waals surface area contributed by atoms with Crippen LogP contribution in [-0.2, 0) is 21.4 Å². The Kier molecular flexibility index (Phi) is 6.03. The molecule has 0 atom stereocenters. The molecule has 0 saturated heterocycles. The number of hydrogen-bond acceptors (Lipinski definition) is 5. The zero-order valence-corrected chi connectivity index (χ0v) is 16.2. The van der Waals surface area contributed by atoms with E-state index in [-0.39, 0.29) is 38.0 Å². The summed E-state index contributed by atoms with van der Waals surface area (Å²) in [6.07, 6.45) is 1.63. The van der Waals surface area contributed by atoms with Crippen LogP contribution >= 0.6 is 0 Å². The second kappa shape index (κ2) is 8.47. The van der Waals surface area contributed by atoms with Gasteiger partial charge in [0.05, 0.1) is 11.9 Å². The lowest BCUT2D eigenvalue weighted by Crippen LogP contribution is -2.32. The fourth-order valence-corrected chi connectivity index (χ4v) is 3.76. The molecule has 3 rings (SSSR count). The Balaban J connectivity index is 1.54. The molecule has 0 radical (unpaired) electrons. The van der Waals surface area contributed by atoms with Gasteiger partial charge in [0, 0.05) is 25.6 Å². The number of rotatable bonds is 8. The van der Waals surface area contributed by atoms with Gasteiger partial charge in [-0.25, -0.2) is 12.8 Å². The average Bonchev–Trinajstić information content (AvgIpc) is 3.11. The number of amides is 1. The van der Waals surface area contributed by atoms with Gasteiger partial charge in [-0.3, -0.25) is 9.10 Å². The van der Waals surface area contributed by atoms with Crippen molar-refractivity contribution in [3.8, 4) is 11.5 Å². The Morgan fingerprint density at radius 2 is 1.86 bits per heavy atom. The van der Waals surface area contributed by atoms with E-state index in [0.717, 1.165) is 11.8 Å². The zero-order valence-electron chi connectivity index (χ0n) is 15.4. The largest absolute Gasteiger partial charge is 0.454 e. The fraction of sp³-hybridized carbons (Fsp3) is 0.316. The SMILES string of the molecule is CS(=O)(=O)N(CCCC(=O)NCc1ccc(F)cc1)c1ccc2c(c1)OCO2. The second-order valence-electron chi connectivity index (χ2n) is 6.38. The third-order valence-corrected chi connectivity index (χ3v) is 5.41. The Morgan fingerprint density at radius 3 is 2.57 bits per heavy atom. The highest BCUT2D eigenvalue weighted by atomic mass is 32.2. The summed E-state index contributed by atoms with van der Waals surface area (Å²) < 4.78 is 49.0. The number of anilines is 1. The fourth-order valence-electron chi connectivity index (χ4n) is 2.80. The molecule has 0 bridgehead atoms. The van der Waals surface area contributed by atoms with E-state index in [9.17, 15) is 17.6 Å². The molecule has 2 aromatic carbocycles. The van der Waals surface area contributed by atoms with Crippen LogP contribution in [0.5, 0.6) is 11.5 Å². The first-order valence-corrected chi connectivity index (χ1v) is 10.6. The molecule has 1 aliphatic heterocycles.